The van der Waals surface area contributed by atoms with Gasteiger partial charge in [-0.1, -0.05) is 61.9 Å². The molecule has 0 amide bonds. The molecule has 0 aliphatic carbocycles. The van der Waals surface area contributed by atoms with Gasteiger partial charge in [0.1, 0.15) is 6.17 Å². The number of unbranched alkanes of at least 4 members (excludes halogenated alkanes) is 1. The molecule has 0 N–H and O–H groups in total. The van der Waals surface area contributed by atoms with Crippen molar-refractivity contribution in [2.24, 2.45) is 0 Å². The van der Waals surface area contributed by atoms with Gasteiger partial charge in [0, 0.05) is 37.3 Å². The molecule has 1 fully saturated rings. The van der Waals surface area contributed by atoms with Gasteiger partial charge in [-0.2, -0.15) is 0 Å². The molecule has 0 saturated carbocycles. The lowest BCUT2D eigenvalue weighted by molar-refractivity contribution is 0.246. The minimum absolute atomic E-state index is 0.333. The van der Waals surface area contributed by atoms with E-state index in [2.05, 4.69) is 80.5 Å². The zero-order valence-electron chi connectivity index (χ0n) is 20.1. The molecule has 2 heterocycles. The molecular formula is C29H38N2. The van der Waals surface area contributed by atoms with Crippen molar-refractivity contribution in [1.82, 2.24) is 4.90 Å². The van der Waals surface area contributed by atoms with Crippen molar-refractivity contribution in [2.45, 2.75) is 85.9 Å². The normalized spacial score (nSPS) is 18.2. The standard InChI is InChI=1S/C29H38N2/c1-6-8-9-13-25-24(12-7-2)14-15-26-27(25)20-31(29(26)30-16-10-11-17-30)28-22(4)18-21(3)19-23(28)5/h14-15,18-19,29H,6-8,10-12,16-17,20H2,1-5H3. The fourth-order valence-electron chi connectivity index (χ4n) is 5.67. The van der Waals surface area contributed by atoms with Crippen molar-refractivity contribution in [1.29, 1.82) is 0 Å². The first-order valence-electron chi connectivity index (χ1n) is 12.3. The number of hydrogen-bond acceptors (Lipinski definition) is 2. The lowest BCUT2D eigenvalue weighted by Gasteiger charge is -2.36. The molecule has 31 heavy (non-hydrogen) atoms. The molecule has 0 aromatic heterocycles. The number of fused-ring (bicyclic) bond motifs is 1. The minimum atomic E-state index is 0.333. The van der Waals surface area contributed by atoms with E-state index in [4.69, 9.17) is 0 Å². The summed E-state index contributed by atoms with van der Waals surface area (Å²) < 4.78 is 0. The fraction of sp³-hybridized carbons (Fsp3) is 0.517. The summed E-state index contributed by atoms with van der Waals surface area (Å²) in [5.74, 6) is 7.09. The lowest BCUT2D eigenvalue weighted by atomic mass is 9.94. The number of nitrogens with zero attached hydrogens (tertiary/aromatic N) is 2. The van der Waals surface area contributed by atoms with E-state index in [1.807, 2.05) is 0 Å². The predicted octanol–water partition coefficient (Wildman–Crippen LogP) is 6.83. The maximum absolute atomic E-state index is 3.63. The van der Waals surface area contributed by atoms with Gasteiger partial charge in [-0.3, -0.25) is 4.90 Å². The summed E-state index contributed by atoms with van der Waals surface area (Å²) in [5.41, 5.74) is 11.3. The SMILES string of the molecule is CCCC#Cc1c(CCC)ccc2c1CN(c1c(C)cc(C)cc1C)C2N1CCCC1. The first kappa shape index (κ1) is 22.0. The van der Waals surface area contributed by atoms with Gasteiger partial charge in [0.15, 0.2) is 0 Å². The summed E-state index contributed by atoms with van der Waals surface area (Å²) in [7, 11) is 0. The Balaban J connectivity index is 1.86. The van der Waals surface area contributed by atoms with Gasteiger partial charge in [0.05, 0.1) is 0 Å². The van der Waals surface area contributed by atoms with Crippen LogP contribution in [0.15, 0.2) is 24.3 Å². The molecular weight excluding hydrogens is 376 g/mol. The third-order valence-electron chi connectivity index (χ3n) is 6.85. The number of anilines is 1. The van der Waals surface area contributed by atoms with E-state index in [0.29, 0.717) is 6.17 Å². The summed E-state index contributed by atoms with van der Waals surface area (Å²) in [5, 5.41) is 0. The average molecular weight is 415 g/mol. The highest BCUT2D eigenvalue weighted by Gasteiger charge is 2.38. The zero-order valence-corrected chi connectivity index (χ0v) is 20.1. The van der Waals surface area contributed by atoms with Crippen molar-refractivity contribution < 1.29 is 0 Å². The van der Waals surface area contributed by atoms with Crippen LogP contribution < -0.4 is 4.90 Å². The molecule has 2 nitrogen and oxygen atoms in total. The van der Waals surface area contributed by atoms with Crippen molar-refractivity contribution in [2.75, 3.05) is 18.0 Å². The van der Waals surface area contributed by atoms with Gasteiger partial charge in [0.25, 0.3) is 0 Å². The largest absolute Gasteiger partial charge is 0.347 e. The Morgan fingerprint density at radius 2 is 1.68 bits per heavy atom. The molecule has 2 heteroatoms. The summed E-state index contributed by atoms with van der Waals surface area (Å²) in [6.45, 7) is 14.6. The van der Waals surface area contributed by atoms with E-state index in [-0.39, 0.29) is 0 Å². The van der Waals surface area contributed by atoms with E-state index in [1.165, 1.54) is 70.6 Å². The van der Waals surface area contributed by atoms with Crippen LogP contribution >= 0.6 is 0 Å². The predicted molar refractivity (Wildman–Crippen MR) is 133 cm³/mol. The maximum Gasteiger partial charge on any atom is 0.109 e. The summed E-state index contributed by atoms with van der Waals surface area (Å²) in [4.78, 5) is 5.38. The highest BCUT2D eigenvalue weighted by molar-refractivity contribution is 5.66. The molecule has 164 valence electrons. The monoisotopic (exact) mass is 414 g/mol. The van der Waals surface area contributed by atoms with Gasteiger partial charge >= 0.3 is 0 Å². The van der Waals surface area contributed by atoms with Crippen molar-refractivity contribution in [3.05, 3.63) is 63.2 Å². The second kappa shape index (κ2) is 9.49. The molecule has 1 atom stereocenters. The number of rotatable bonds is 5. The molecule has 1 saturated heterocycles. The highest BCUT2D eigenvalue weighted by atomic mass is 15.4. The van der Waals surface area contributed by atoms with Crippen LogP contribution in [-0.4, -0.2) is 18.0 Å². The Morgan fingerprint density at radius 1 is 0.968 bits per heavy atom. The maximum atomic E-state index is 3.63. The van der Waals surface area contributed by atoms with Crippen LogP contribution in [0.3, 0.4) is 0 Å². The van der Waals surface area contributed by atoms with Crippen LogP contribution in [0.1, 0.15) is 91.1 Å². The Hall–Kier alpha value is -2.24. The van der Waals surface area contributed by atoms with Gasteiger partial charge in [-0.25, -0.2) is 0 Å². The number of likely N-dealkylation sites (tertiary alicyclic amines) is 1. The van der Waals surface area contributed by atoms with Gasteiger partial charge in [0.2, 0.25) is 0 Å². The van der Waals surface area contributed by atoms with E-state index in [9.17, 15) is 0 Å². The van der Waals surface area contributed by atoms with E-state index >= 15 is 0 Å². The van der Waals surface area contributed by atoms with E-state index in [0.717, 1.165) is 32.2 Å². The average Bonchev–Trinajstić information content (AvgIpc) is 3.36. The number of aryl methyl sites for hydroxylation is 4. The topological polar surface area (TPSA) is 6.48 Å². The van der Waals surface area contributed by atoms with Gasteiger partial charge < -0.3 is 4.90 Å². The van der Waals surface area contributed by atoms with E-state index in [1.54, 1.807) is 0 Å². The third kappa shape index (κ3) is 4.26. The molecule has 2 aromatic carbocycles. The summed E-state index contributed by atoms with van der Waals surface area (Å²) in [6, 6.07) is 9.49. The lowest BCUT2D eigenvalue weighted by Crippen LogP contribution is -2.36. The second-order valence-corrected chi connectivity index (χ2v) is 9.46. The third-order valence-corrected chi connectivity index (χ3v) is 6.85. The first-order chi connectivity index (χ1) is 15.0. The molecule has 4 rings (SSSR count). The van der Waals surface area contributed by atoms with Gasteiger partial charge in [-0.05, 0) is 74.3 Å². The summed E-state index contributed by atoms with van der Waals surface area (Å²) in [6.07, 6.45) is 7.32. The van der Waals surface area contributed by atoms with Crippen molar-refractivity contribution in [3.8, 4) is 11.8 Å². The molecule has 2 aliphatic heterocycles. The molecule has 0 radical (unpaired) electrons. The van der Waals surface area contributed by atoms with E-state index < -0.39 is 0 Å². The van der Waals surface area contributed by atoms with Crippen LogP contribution in [0.5, 0.6) is 0 Å². The van der Waals surface area contributed by atoms with Crippen LogP contribution in [0.25, 0.3) is 0 Å². The van der Waals surface area contributed by atoms with Crippen molar-refractivity contribution in [3.63, 3.8) is 0 Å². The van der Waals surface area contributed by atoms with Crippen LogP contribution in [0.4, 0.5) is 5.69 Å². The Kier molecular flexibility index (Phi) is 6.73. The van der Waals surface area contributed by atoms with Crippen molar-refractivity contribution >= 4 is 5.69 Å². The number of benzene rings is 2. The second-order valence-electron chi connectivity index (χ2n) is 9.46. The molecule has 0 bridgehead atoms. The minimum Gasteiger partial charge on any atom is -0.347 e. The summed E-state index contributed by atoms with van der Waals surface area (Å²) >= 11 is 0. The van der Waals surface area contributed by atoms with Crippen LogP contribution in [0, 0.1) is 32.6 Å². The number of hydrogen-bond donors (Lipinski definition) is 0. The fourth-order valence-corrected chi connectivity index (χ4v) is 5.67. The smallest absolute Gasteiger partial charge is 0.109 e. The molecule has 1 unspecified atom stereocenters. The van der Waals surface area contributed by atoms with Gasteiger partial charge in [-0.15, -0.1) is 0 Å². The Labute approximate surface area is 189 Å². The molecule has 2 aromatic rings. The first-order valence-corrected chi connectivity index (χ1v) is 12.3. The molecule has 2 aliphatic rings. The highest BCUT2D eigenvalue weighted by Crippen LogP contribution is 2.45. The molecule has 0 spiro atoms. The van der Waals surface area contributed by atoms with Crippen LogP contribution in [-0.2, 0) is 13.0 Å². The quantitative estimate of drug-likeness (QED) is 0.495. The van der Waals surface area contributed by atoms with Crippen LogP contribution in [0.2, 0.25) is 0 Å². The zero-order chi connectivity index (χ0) is 22.0. The Morgan fingerprint density at radius 3 is 2.32 bits per heavy atom. The Bertz CT molecular complexity index is 978.